The average molecular weight is 319 g/mol. The van der Waals surface area contributed by atoms with Crippen LogP contribution in [0.15, 0.2) is 34.9 Å². The van der Waals surface area contributed by atoms with Crippen molar-refractivity contribution in [3.63, 3.8) is 0 Å². The quantitative estimate of drug-likeness (QED) is 0.822. The van der Waals surface area contributed by atoms with Gasteiger partial charge in [0.25, 0.3) is 0 Å². The largest absolute Gasteiger partial charge is 0.296 e. The SMILES string of the molecule is O=C1CCC(c2cc(Br)c3ncccc3c2)C(=O)N1. The number of piperidine rings is 1. The van der Waals surface area contributed by atoms with Gasteiger partial charge in [0.05, 0.1) is 11.4 Å². The molecular weight excluding hydrogens is 308 g/mol. The van der Waals surface area contributed by atoms with E-state index in [9.17, 15) is 9.59 Å². The standard InChI is InChI=1S/C14H11BrN2O2/c15-11-7-9(6-8-2-1-5-16-13(8)11)10-3-4-12(18)17-14(10)19/h1-2,5-7,10H,3-4H2,(H,17,18,19). The predicted octanol–water partition coefficient (Wildman–Crippen LogP) is 2.52. The van der Waals surface area contributed by atoms with Gasteiger partial charge in [-0.2, -0.15) is 0 Å². The van der Waals surface area contributed by atoms with E-state index in [1.807, 2.05) is 24.3 Å². The normalized spacial score (nSPS) is 19.5. The molecule has 2 heterocycles. The van der Waals surface area contributed by atoms with Gasteiger partial charge in [-0.25, -0.2) is 0 Å². The molecule has 2 aromatic rings. The van der Waals surface area contributed by atoms with Crippen LogP contribution in [0.5, 0.6) is 0 Å². The molecule has 3 rings (SSSR count). The van der Waals surface area contributed by atoms with Crippen molar-refractivity contribution in [1.82, 2.24) is 10.3 Å². The average Bonchev–Trinajstić information content (AvgIpc) is 2.38. The maximum absolute atomic E-state index is 11.9. The molecule has 1 aromatic carbocycles. The first-order valence-corrected chi connectivity index (χ1v) is 6.82. The summed E-state index contributed by atoms with van der Waals surface area (Å²) in [6, 6.07) is 7.70. The van der Waals surface area contributed by atoms with Gasteiger partial charge in [-0.15, -0.1) is 0 Å². The van der Waals surface area contributed by atoms with Gasteiger partial charge in [0.2, 0.25) is 11.8 Å². The Labute approximate surface area is 118 Å². The predicted molar refractivity (Wildman–Crippen MR) is 74.6 cm³/mol. The number of hydrogen-bond donors (Lipinski definition) is 1. The number of carbonyl (C=O) groups is 2. The number of carbonyl (C=O) groups excluding carboxylic acids is 2. The highest BCUT2D eigenvalue weighted by molar-refractivity contribution is 9.10. The summed E-state index contributed by atoms with van der Waals surface area (Å²) in [6.07, 6.45) is 2.68. The molecule has 1 N–H and O–H groups in total. The third-order valence-corrected chi connectivity index (χ3v) is 3.93. The molecule has 1 saturated heterocycles. The molecule has 1 fully saturated rings. The van der Waals surface area contributed by atoms with E-state index in [1.165, 1.54) is 0 Å². The Morgan fingerprint density at radius 2 is 2.16 bits per heavy atom. The maximum atomic E-state index is 11.9. The molecule has 1 unspecified atom stereocenters. The molecule has 0 bridgehead atoms. The van der Waals surface area contributed by atoms with E-state index in [2.05, 4.69) is 26.2 Å². The number of amides is 2. The number of halogens is 1. The third kappa shape index (κ3) is 2.26. The van der Waals surface area contributed by atoms with Crippen LogP contribution in [-0.4, -0.2) is 16.8 Å². The topological polar surface area (TPSA) is 59.1 Å². The van der Waals surface area contributed by atoms with Gasteiger partial charge in [0, 0.05) is 22.5 Å². The maximum Gasteiger partial charge on any atom is 0.234 e. The fraction of sp³-hybridized carbons (Fsp3) is 0.214. The highest BCUT2D eigenvalue weighted by Crippen LogP contribution is 2.31. The van der Waals surface area contributed by atoms with E-state index < -0.39 is 0 Å². The van der Waals surface area contributed by atoms with Crippen molar-refractivity contribution in [3.8, 4) is 0 Å². The lowest BCUT2D eigenvalue weighted by atomic mass is 9.90. The second-order valence-electron chi connectivity index (χ2n) is 4.58. The van der Waals surface area contributed by atoms with Gasteiger partial charge in [-0.1, -0.05) is 6.07 Å². The summed E-state index contributed by atoms with van der Waals surface area (Å²) in [4.78, 5) is 27.4. The molecule has 96 valence electrons. The monoisotopic (exact) mass is 318 g/mol. The van der Waals surface area contributed by atoms with Crippen molar-refractivity contribution in [2.75, 3.05) is 0 Å². The molecule has 0 radical (unpaired) electrons. The Balaban J connectivity index is 2.06. The van der Waals surface area contributed by atoms with Crippen LogP contribution < -0.4 is 5.32 Å². The Hall–Kier alpha value is -1.75. The van der Waals surface area contributed by atoms with Crippen LogP contribution in [0.4, 0.5) is 0 Å². The van der Waals surface area contributed by atoms with Crippen LogP contribution in [0.2, 0.25) is 0 Å². The van der Waals surface area contributed by atoms with Gasteiger partial charge in [-0.3, -0.25) is 19.9 Å². The number of fused-ring (bicyclic) bond motifs is 1. The summed E-state index contributed by atoms with van der Waals surface area (Å²) < 4.78 is 0.866. The number of rotatable bonds is 1. The summed E-state index contributed by atoms with van der Waals surface area (Å²) in [5.74, 6) is -0.673. The number of benzene rings is 1. The zero-order valence-electron chi connectivity index (χ0n) is 10.0. The van der Waals surface area contributed by atoms with E-state index in [-0.39, 0.29) is 17.7 Å². The van der Waals surface area contributed by atoms with Gasteiger partial charge >= 0.3 is 0 Å². The Morgan fingerprint density at radius 1 is 1.32 bits per heavy atom. The van der Waals surface area contributed by atoms with Crippen molar-refractivity contribution in [1.29, 1.82) is 0 Å². The molecule has 0 spiro atoms. The molecule has 1 aliphatic rings. The van der Waals surface area contributed by atoms with Crippen LogP contribution in [0.25, 0.3) is 10.9 Å². The Kier molecular flexibility index (Phi) is 3.06. The van der Waals surface area contributed by atoms with Crippen molar-refractivity contribution in [2.45, 2.75) is 18.8 Å². The van der Waals surface area contributed by atoms with Crippen LogP contribution in [-0.2, 0) is 9.59 Å². The fourth-order valence-corrected chi connectivity index (χ4v) is 2.98. The smallest absolute Gasteiger partial charge is 0.234 e. The minimum atomic E-state index is -0.265. The van der Waals surface area contributed by atoms with Gasteiger partial charge in [0.1, 0.15) is 0 Å². The second kappa shape index (κ2) is 4.74. The van der Waals surface area contributed by atoms with Gasteiger partial charge in [-0.05, 0) is 46.1 Å². The lowest BCUT2D eigenvalue weighted by molar-refractivity contribution is -0.134. The number of aromatic nitrogens is 1. The Morgan fingerprint density at radius 3 is 2.95 bits per heavy atom. The van der Waals surface area contributed by atoms with Crippen LogP contribution >= 0.6 is 15.9 Å². The van der Waals surface area contributed by atoms with Gasteiger partial charge in [0.15, 0.2) is 0 Å². The first kappa shape index (κ1) is 12.3. The summed E-state index contributed by atoms with van der Waals surface area (Å²) in [5.41, 5.74) is 1.79. The highest BCUT2D eigenvalue weighted by Gasteiger charge is 2.28. The first-order valence-electron chi connectivity index (χ1n) is 6.03. The van der Waals surface area contributed by atoms with Crippen LogP contribution in [0.3, 0.4) is 0 Å². The minimum Gasteiger partial charge on any atom is -0.296 e. The Bertz CT molecular complexity index is 684. The second-order valence-corrected chi connectivity index (χ2v) is 5.44. The fourth-order valence-electron chi connectivity index (χ4n) is 2.38. The lowest BCUT2D eigenvalue weighted by Gasteiger charge is -2.21. The van der Waals surface area contributed by atoms with Crippen molar-refractivity contribution in [2.24, 2.45) is 0 Å². The van der Waals surface area contributed by atoms with E-state index in [4.69, 9.17) is 0 Å². The molecule has 19 heavy (non-hydrogen) atoms. The zero-order chi connectivity index (χ0) is 13.4. The molecule has 5 heteroatoms. The summed E-state index contributed by atoms with van der Waals surface area (Å²) >= 11 is 3.48. The van der Waals surface area contributed by atoms with Crippen LogP contribution in [0.1, 0.15) is 24.3 Å². The lowest BCUT2D eigenvalue weighted by Crippen LogP contribution is -2.39. The summed E-state index contributed by atoms with van der Waals surface area (Å²) in [5, 5.41) is 3.37. The van der Waals surface area contributed by atoms with Crippen LogP contribution in [0, 0.1) is 0 Å². The molecule has 0 saturated carbocycles. The number of pyridine rings is 1. The molecule has 1 aliphatic heterocycles. The number of hydrogen-bond acceptors (Lipinski definition) is 3. The number of imide groups is 1. The summed E-state index contributed by atoms with van der Waals surface area (Å²) in [6.45, 7) is 0. The van der Waals surface area contributed by atoms with Gasteiger partial charge < -0.3 is 0 Å². The molecular formula is C14H11BrN2O2. The van der Waals surface area contributed by atoms with E-state index >= 15 is 0 Å². The number of nitrogens with zero attached hydrogens (tertiary/aromatic N) is 1. The van der Waals surface area contributed by atoms with Crippen molar-refractivity contribution in [3.05, 3.63) is 40.5 Å². The minimum absolute atomic E-state index is 0.192. The van der Waals surface area contributed by atoms with E-state index in [0.29, 0.717) is 12.8 Å². The third-order valence-electron chi connectivity index (χ3n) is 3.32. The zero-order valence-corrected chi connectivity index (χ0v) is 11.6. The van der Waals surface area contributed by atoms with Crippen molar-refractivity contribution < 1.29 is 9.59 Å². The molecule has 0 aliphatic carbocycles. The molecule has 2 amide bonds. The van der Waals surface area contributed by atoms with Crippen molar-refractivity contribution >= 4 is 38.6 Å². The molecule has 1 atom stereocenters. The number of nitrogens with one attached hydrogen (secondary N) is 1. The highest BCUT2D eigenvalue weighted by atomic mass is 79.9. The van der Waals surface area contributed by atoms with E-state index in [1.54, 1.807) is 6.20 Å². The molecule has 1 aromatic heterocycles. The summed E-state index contributed by atoms with van der Waals surface area (Å²) in [7, 11) is 0. The first-order chi connectivity index (χ1) is 9.15. The molecule has 4 nitrogen and oxygen atoms in total. The van der Waals surface area contributed by atoms with E-state index in [0.717, 1.165) is 20.9 Å².